The van der Waals surface area contributed by atoms with E-state index < -0.39 is 7.12 Å². The SMILES string of the molecule is CC1(C)OB(c2ccc3ccc(-c4ccc(-c5ccc6ccc7cccnc7c6n5)cc4)nc3c2)OC1(C)C. The van der Waals surface area contributed by atoms with Gasteiger partial charge in [-0.1, -0.05) is 66.7 Å². The van der Waals surface area contributed by atoms with Gasteiger partial charge in [-0.05, 0) is 57.4 Å². The standard InChI is InChI=1S/C33H28BN3O2/c1-32(2)33(3,4)39-34(38-32)26-16-13-23-14-17-27(36-29(23)20-26)21-7-9-22(10-8-21)28-18-15-25-12-11-24-6-5-19-35-30(24)31(25)37-28/h5-20H,1-4H3. The molecule has 0 atom stereocenters. The normalized spacial score (nSPS) is 16.4. The van der Waals surface area contributed by atoms with Gasteiger partial charge in [0, 0.05) is 33.5 Å². The third-order valence-electron chi connectivity index (χ3n) is 8.15. The Morgan fingerprint density at radius 2 is 1.15 bits per heavy atom. The van der Waals surface area contributed by atoms with E-state index in [1.165, 1.54) is 0 Å². The summed E-state index contributed by atoms with van der Waals surface area (Å²) in [6.07, 6.45) is 1.82. The first-order valence-electron chi connectivity index (χ1n) is 13.3. The third-order valence-corrected chi connectivity index (χ3v) is 8.15. The van der Waals surface area contributed by atoms with Gasteiger partial charge in [0.05, 0.1) is 39.1 Å². The predicted octanol–water partition coefficient (Wildman–Crippen LogP) is 6.96. The summed E-state index contributed by atoms with van der Waals surface area (Å²) in [7, 11) is -0.411. The molecule has 3 aromatic heterocycles. The van der Waals surface area contributed by atoms with Crippen molar-refractivity contribution in [1.82, 2.24) is 15.0 Å². The van der Waals surface area contributed by atoms with Crippen LogP contribution in [0.25, 0.3) is 55.2 Å². The van der Waals surface area contributed by atoms with E-state index in [1.54, 1.807) is 0 Å². The minimum absolute atomic E-state index is 0.382. The lowest BCUT2D eigenvalue weighted by molar-refractivity contribution is 0.00578. The van der Waals surface area contributed by atoms with Gasteiger partial charge >= 0.3 is 7.12 Å². The predicted molar refractivity (Wildman–Crippen MR) is 159 cm³/mol. The van der Waals surface area contributed by atoms with E-state index in [0.29, 0.717) is 0 Å². The first-order valence-corrected chi connectivity index (χ1v) is 13.3. The lowest BCUT2D eigenvalue weighted by atomic mass is 9.78. The van der Waals surface area contributed by atoms with Crippen LogP contribution in [0.1, 0.15) is 27.7 Å². The Hall–Kier alpha value is -4.13. The summed E-state index contributed by atoms with van der Waals surface area (Å²) in [4.78, 5) is 14.6. The molecule has 6 heteroatoms. The maximum absolute atomic E-state index is 6.26. The van der Waals surface area contributed by atoms with Crippen LogP contribution in [0.2, 0.25) is 0 Å². The molecule has 7 rings (SSSR count). The van der Waals surface area contributed by atoms with Gasteiger partial charge in [-0.2, -0.15) is 0 Å². The summed E-state index contributed by atoms with van der Waals surface area (Å²) in [5, 5.41) is 3.26. The average molecular weight is 509 g/mol. The van der Waals surface area contributed by atoms with Crippen molar-refractivity contribution in [2.45, 2.75) is 38.9 Å². The number of benzene rings is 3. The number of hydrogen-bond acceptors (Lipinski definition) is 5. The maximum atomic E-state index is 6.26. The van der Waals surface area contributed by atoms with Crippen LogP contribution in [-0.2, 0) is 9.31 Å². The van der Waals surface area contributed by atoms with Crippen molar-refractivity contribution in [3.8, 4) is 22.5 Å². The molecule has 1 fully saturated rings. The van der Waals surface area contributed by atoms with Crippen LogP contribution in [0.4, 0.5) is 0 Å². The number of fused-ring (bicyclic) bond motifs is 4. The van der Waals surface area contributed by atoms with Gasteiger partial charge < -0.3 is 9.31 Å². The largest absolute Gasteiger partial charge is 0.494 e. The average Bonchev–Trinajstić information content (AvgIpc) is 3.18. The van der Waals surface area contributed by atoms with Gasteiger partial charge in [-0.25, -0.2) is 9.97 Å². The molecule has 1 saturated heterocycles. The first-order chi connectivity index (χ1) is 18.8. The second-order valence-corrected chi connectivity index (χ2v) is 11.2. The number of pyridine rings is 3. The van der Waals surface area contributed by atoms with Gasteiger partial charge in [0.25, 0.3) is 0 Å². The monoisotopic (exact) mass is 509 g/mol. The summed E-state index contributed by atoms with van der Waals surface area (Å²) >= 11 is 0. The lowest BCUT2D eigenvalue weighted by Gasteiger charge is -2.32. The molecular weight excluding hydrogens is 481 g/mol. The Labute approximate surface area is 228 Å². The molecule has 39 heavy (non-hydrogen) atoms. The van der Waals surface area contributed by atoms with Crippen molar-refractivity contribution in [2.75, 3.05) is 0 Å². The summed E-state index contributed by atoms with van der Waals surface area (Å²) in [6, 6.07) is 31.2. The molecule has 0 spiro atoms. The highest BCUT2D eigenvalue weighted by Gasteiger charge is 2.51. The summed E-state index contributed by atoms with van der Waals surface area (Å²) in [5.74, 6) is 0. The van der Waals surface area contributed by atoms with Gasteiger partial charge in [0.1, 0.15) is 0 Å². The van der Waals surface area contributed by atoms with E-state index in [0.717, 1.165) is 60.7 Å². The molecule has 0 radical (unpaired) electrons. The molecule has 6 aromatic rings. The van der Waals surface area contributed by atoms with Gasteiger partial charge in [0.2, 0.25) is 0 Å². The molecular formula is C33H28BN3O2. The molecule has 0 amide bonds. The van der Waals surface area contributed by atoms with Crippen LogP contribution in [0.15, 0.2) is 97.2 Å². The van der Waals surface area contributed by atoms with E-state index in [9.17, 15) is 0 Å². The molecule has 5 nitrogen and oxygen atoms in total. The molecule has 3 aromatic carbocycles. The Balaban J connectivity index is 1.21. The van der Waals surface area contributed by atoms with Crippen molar-refractivity contribution in [3.63, 3.8) is 0 Å². The molecule has 0 unspecified atom stereocenters. The van der Waals surface area contributed by atoms with Crippen LogP contribution in [-0.4, -0.2) is 33.3 Å². The van der Waals surface area contributed by atoms with Crippen LogP contribution in [0.3, 0.4) is 0 Å². The number of aromatic nitrogens is 3. The molecule has 1 aliphatic heterocycles. The highest BCUT2D eigenvalue weighted by molar-refractivity contribution is 6.62. The fourth-order valence-electron chi connectivity index (χ4n) is 5.12. The van der Waals surface area contributed by atoms with E-state index in [1.807, 2.05) is 12.3 Å². The molecule has 190 valence electrons. The summed E-state index contributed by atoms with van der Waals surface area (Å²) in [5.41, 5.74) is 6.92. The van der Waals surface area contributed by atoms with Crippen LogP contribution in [0.5, 0.6) is 0 Å². The van der Waals surface area contributed by atoms with E-state index in [4.69, 9.17) is 19.3 Å². The van der Waals surface area contributed by atoms with Gasteiger partial charge in [0.15, 0.2) is 0 Å². The fraction of sp³-hybridized carbons (Fsp3) is 0.182. The van der Waals surface area contributed by atoms with Crippen LogP contribution >= 0.6 is 0 Å². The first kappa shape index (κ1) is 24.0. The van der Waals surface area contributed by atoms with Crippen molar-refractivity contribution < 1.29 is 9.31 Å². The van der Waals surface area contributed by atoms with Gasteiger partial charge in [-0.15, -0.1) is 0 Å². The minimum Gasteiger partial charge on any atom is -0.399 e. The molecule has 0 bridgehead atoms. The zero-order chi connectivity index (χ0) is 26.8. The van der Waals surface area contributed by atoms with Crippen molar-refractivity contribution >= 4 is 45.3 Å². The number of rotatable bonds is 3. The fourth-order valence-corrected chi connectivity index (χ4v) is 5.12. The second kappa shape index (κ2) is 8.70. The Morgan fingerprint density at radius 1 is 0.590 bits per heavy atom. The zero-order valence-corrected chi connectivity index (χ0v) is 22.5. The van der Waals surface area contributed by atoms with Crippen LogP contribution < -0.4 is 5.46 Å². The van der Waals surface area contributed by atoms with E-state index >= 15 is 0 Å². The summed E-state index contributed by atoms with van der Waals surface area (Å²) in [6.45, 7) is 8.28. The number of nitrogens with zero attached hydrogens (tertiary/aromatic N) is 3. The van der Waals surface area contributed by atoms with Crippen molar-refractivity contribution in [2.24, 2.45) is 0 Å². The van der Waals surface area contributed by atoms with E-state index in [2.05, 4.69) is 118 Å². The van der Waals surface area contributed by atoms with Crippen molar-refractivity contribution in [3.05, 3.63) is 97.2 Å². The number of hydrogen-bond donors (Lipinski definition) is 0. The molecule has 0 aliphatic carbocycles. The molecule has 0 N–H and O–H groups in total. The highest BCUT2D eigenvalue weighted by Crippen LogP contribution is 2.36. The third kappa shape index (κ3) is 4.08. The highest BCUT2D eigenvalue weighted by atomic mass is 16.7. The molecule has 0 saturated carbocycles. The molecule has 4 heterocycles. The Morgan fingerprint density at radius 3 is 1.85 bits per heavy atom. The zero-order valence-electron chi connectivity index (χ0n) is 22.5. The minimum atomic E-state index is -0.411. The molecule has 1 aliphatic rings. The summed E-state index contributed by atoms with van der Waals surface area (Å²) < 4.78 is 12.5. The lowest BCUT2D eigenvalue weighted by Crippen LogP contribution is -2.41. The topological polar surface area (TPSA) is 57.1 Å². The van der Waals surface area contributed by atoms with Crippen LogP contribution in [0, 0.1) is 0 Å². The Kier molecular flexibility index (Phi) is 5.34. The van der Waals surface area contributed by atoms with E-state index in [-0.39, 0.29) is 11.2 Å². The second-order valence-electron chi connectivity index (χ2n) is 11.2. The quantitative estimate of drug-likeness (QED) is 0.191. The van der Waals surface area contributed by atoms with Gasteiger partial charge in [-0.3, -0.25) is 4.98 Å². The smallest absolute Gasteiger partial charge is 0.399 e. The van der Waals surface area contributed by atoms with Crippen molar-refractivity contribution in [1.29, 1.82) is 0 Å². The maximum Gasteiger partial charge on any atom is 0.494 e. The Bertz CT molecular complexity index is 1870.